The Hall–Kier alpha value is -0.900. The summed E-state index contributed by atoms with van der Waals surface area (Å²) in [4.78, 5) is 18.1. The van der Waals surface area contributed by atoms with E-state index in [1.807, 2.05) is 0 Å². The van der Waals surface area contributed by atoms with E-state index in [1.54, 1.807) is 0 Å². The zero-order valence-corrected chi connectivity index (χ0v) is 17.5. The van der Waals surface area contributed by atoms with E-state index in [-0.39, 0.29) is 5.41 Å². The van der Waals surface area contributed by atoms with Gasteiger partial charge in [0.1, 0.15) is 12.4 Å². The summed E-state index contributed by atoms with van der Waals surface area (Å²) >= 11 is 0. The molecule has 0 bridgehead atoms. The Labute approximate surface area is 164 Å². The molecule has 4 nitrogen and oxygen atoms in total. The highest BCUT2D eigenvalue weighted by Gasteiger charge is 2.61. The number of rotatable bonds is 4. The molecule has 4 rings (SSSR count). The summed E-state index contributed by atoms with van der Waals surface area (Å²) < 4.78 is 0. The van der Waals surface area contributed by atoms with Crippen LogP contribution in [0.1, 0.15) is 78.6 Å². The molecular weight excluding hydrogens is 336 g/mol. The number of ketones is 1. The highest BCUT2D eigenvalue weighted by Crippen LogP contribution is 2.66. The number of nitrogens with zero attached hydrogens (tertiary/aromatic N) is 1. The molecule has 4 fully saturated rings. The first-order chi connectivity index (χ1) is 12.9. The van der Waals surface area contributed by atoms with Crippen LogP contribution in [0.2, 0.25) is 0 Å². The number of oxime groups is 1. The van der Waals surface area contributed by atoms with Crippen molar-refractivity contribution in [2.75, 3.05) is 13.2 Å². The van der Waals surface area contributed by atoms with E-state index >= 15 is 0 Å². The molecule has 0 saturated heterocycles. The van der Waals surface area contributed by atoms with Crippen molar-refractivity contribution in [1.29, 1.82) is 0 Å². The molecule has 0 aromatic rings. The summed E-state index contributed by atoms with van der Waals surface area (Å²) in [5.74, 6) is 4.17. The van der Waals surface area contributed by atoms with Crippen molar-refractivity contribution in [1.82, 2.24) is 0 Å². The summed E-state index contributed by atoms with van der Waals surface area (Å²) in [7, 11) is 0. The van der Waals surface area contributed by atoms with Crippen LogP contribution in [0.25, 0.3) is 0 Å². The van der Waals surface area contributed by atoms with Crippen LogP contribution >= 0.6 is 0 Å². The average Bonchev–Trinajstić information content (AvgIpc) is 2.95. The lowest BCUT2D eigenvalue weighted by atomic mass is 9.43. The minimum absolute atomic E-state index is 0.0117. The average molecular weight is 375 g/mol. The fourth-order valence-corrected chi connectivity index (χ4v) is 7.67. The summed E-state index contributed by atoms with van der Waals surface area (Å²) in [6.07, 6.45) is 9.94. The lowest BCUT2D eigenvalue weighted by Gasteiger charge is -2.61. The van der Waals surface area contributed by atoms with Gasteiger partial charge in [-0.25, -0.2) is 0 Å². The second-order valence-corrected chi connectivity index (χ2v) is 10.5. The molecule has 0 radical (unpaired) electrons. The maximum atomic E-state index is 12.6. The highest BCUT2D eigenvalue weighted by molar-refractivity contribution is 5.87. The third-order valence-corrected chi connectivity index (χ3v) is 9.21. The first kappa shape index (κ1) is 19.4. The second kappa shape index (κ2) is 7.17. The van der Waals surface area contributed by atoms with E-state index in [0.717, 1.165) is 50.4 Å². The zero-order valence-electron chi connectivity index (χ0n) is 17.5. The molecule has 1 unspecified atom stereocenters. The standard InChI is InChI=1S/C23H38N2O2/c1-15-13-17-18-5-6-21(26)23(18,3)10-8-19(17)22(2)9-7-16(14-20(15)22)25-27-12-4-11-24/h15,17-20H,4-14,24H2,1-3H3/t15-,17-,18-,19-,20?,22+,23-/m0/s1. The Morgan fingerprint density at radius 3 is 2.74 bits per heavy atom. The van der Waals surface area contributed by atoms with Crippen LogP contribution in [-0.2, 0) is 9.63 Å². The van der Waals surface area contributed by atoms with Gasteiger partial charge in [0.25, 0.3) is 0 Å². The summed E-state index contributed by atoms with van der Waals surface area (Å²) in [5.41, 5.74) is 7.20. The van der Waals surface area contributed by atoms with Gasteiger partial charge in [-0.05, 0) is 92.9 Å². The molecule has 0 heterocycles. The molecule has 2 N–H and O–H groups in total. The number of carbonyl (C=O) groups excluding carboxylic acids is 1. The van der Waals surface area contributed by atoms with Crippen LogP contribution < -0.4 is 5.73 Å². The van der Waals surface area contributed by atoms with Gasteiger partial charge in [-0.15, -0.1) is 0 Å². The predicted octanol–water partition coefficient (Wildman–Crippen LogP) is 4.57. The third-order valence-electron chi connectivity index (χ3n) is 9.21. The van der Waals surface area contributed by atoms with Gasteiger partial charge in [0.15, 0.2) is 0 Å². The lowest BCUT2D eigenvalue weighted by Crippen LogP contribution is -2.56. The molecule has 0 amide bonds. The smallest absolute Gasteiger partial charge is 0.139 e. The van der Waals surface area contributed by atoms with Crippen molar-refractivity contribution < 1.29 is 9.63 Å². The van der Waals surface area contributed by atoms with Crippen LogP contribution in [0.4, 0.5) is 0 Å². The monoisotopic (exact) mass is 374 g/mol. The Morgan fingerprint density at radius 2 is 1.96 bits per heavy atom. The lowest BCUT2D eigenvalue weighted by molar-refractivity contribution is -0.141. The van der Waals surface area contributed by atoms with E-state index in [1.165, 1.54) is 25.0 Å². The minimum Gasteiger partial charge on any atom is -0.396 e. The van der Waals surface area contributed by atoms with Gasteiger partial charge in [0, 0.05) is 11.8 Å². The van der Waals surface area contributed by atoms with Crippen molar-refractivity contribution in [2.45, 2.75) is 78.6 Å². The van der Waals surface area contributed by atoms with Gasteiger partial charge in [-0.2, -0.15) is 0 Å². The zero-order chi connectivity index (χ0) is 19.2. The maximum Gasteiger partial charge on any atom is 0.139 e. The maximum absolute atomic E-state index is 12.6. The first-order valence-corrected chi connectivity index (χ1v) is 11.3. The van der Waals surface area contributed by atoms with Gasteiger partial charge < -0.3 is 10.6 Å². The number of hydrogen-bond acceptors (Lipinski definition) is 4. The van der Waals surface area contributed by atoms with E-state index in [2.05, 4.69) is 25.9 Å². The van der Waals surface area contributed by atoms with Crippen molar-refractivity contribution >= 4 is 11.5 Å². The van der Waals surface area contributed by atoms with Crippen molar-refractivity contribution in [3.63, 3.8) is 0 Å². The van der Waals surface area contributed by atoms with Gasteiger partial charge in [-0.1, -0.05) is 25.9 Å². The molecule has 0 aromatic heterocycles. The Balaban J connectivity index is 1.51. The van der Waals surface area contributed by atoms with Crippen LogP contribution in [0, 0.1) is 40.4 Å². The van der Waals surface area contributed by atoms with Crippen LogP contribution in [0.15, 0.2) is 5.16 Å². The Kier molecular flexibility index (Phi) is 5.15. The molecule has 0 aliphatic heterocycles. The summed E-state index contributed by atoms with van der Waals surface area (Å²) in [6.45, 7) is 8.61. The van der Waals surface area contributed by atoms with Gasteiger partial charge >= 0.3 is 0 Å². The highest BCUT2D eigenvalue weighted by atomic mass is 16.6. The minimum atomic E-state index is -0.0117. The van der Waals surface area contributed by atoms with Crippen molar-refractivity contribution in [2.24, 2.45) is 51.3 Å². The normalized spacial score (nSPS) is 48.1. The fraction of sp³-hybridized carbons (Fsp3) is 0.913. The number of hydrogen-bond donors (Lipinski definition) is 1. The molecule has 152 valence electrons. The quantitative estimate of drug-likeness (QED) is 0.579. The molecule has 4 aliphatic carbocycles. The molecular formula is C23H38N2O2. The van der Waals surface area contributed by atoms with E-state index in [4.69, 9.17) is 10.6 Å². The van der Waals surface area contributed by atoms with Gasteiger partial charge in [0.2, 0.25) is 0 Å². The third kappa shape index (κ3) is 3.07. The molecule has 4 heteroatoms. The first-order valence-electron chi connectivity index (χ1n) is 11.3. The number of Topliss-reactive ketones (excluding diaryl/α,β-unsaturated/α-hetero) is 1. The number of carbonyl (C=O) groups is 1. The predicted molar refractivity (Wildman–Crippen MR) is 108 cm³/mol. The Morgan fingerprint density at radius 1 is 1.15 bits per heavy atom. The topological polar surface area (TPSA) is 64.7 Å². The molecule has 4 aliphatic rings. The van der Waals surface area contributed by atoms with Gasteiger partial charge in [-0.3, -0.25) is 4.79 Å². The largest absolute Gasteiger partial charge is 0.396 e. The summed E-state index contributed by atoms with van der Waals surface area (Å²) in [6, 6.07) is 0. The van der Waals surface area contributed by atoms with E-state index in [0.29, 0.717) is 42.1 Å². The molecule has 4 saturated carbocycles. The fourth-order valence-electron chi connectivity index (χ4n) is 7.67. The SMILES string of the molecule is C[C@H]1C[C@@H]2[C@H](CC[C@]3(C)C(=O)CC[C@@H]23)[C@@]2(C)CCC(=NOCCCN)CC12. The van der Waals surface area contributed by atoms with Crippen molar-refractivity contribution in [3.05, 3.63) is 0 Å². The van der Waals surface area contributed by atoms with Gasteiger partial charge in [0.05, 0.1) is 5.71 Å². The molecule has 7 atom stereocenters. The summed E-state index contributed by atoms with van der Waals surface area (Å²) in [5, 5.41) is 4.47. The van der Waals surface area contributed by atoms with Crippen LogP contribution in [0.3, 0.4) is 0 Å². The van der Waals surface area contributed by atoms with Crippen molar-refractivity contribution in [3.8, 4) is 0 Å². The molecule has 27 heavy (non-hydrogen) atoms. The number of nitrogens with two attached hydrogens (primary N) is 1. The molecule has 0 aromatic carbocycles. The Bertz CT molecular complexity index is 617. The second-order valence-electron chi connectivity index (χ2n) is 10.5. The van der Waals surface area contributed by atoms with Crippen LogP contribution in [0.5, 0.6) is 0 Å². The van der Waals surface area contributed by atoms with Crippen LogP contribution in [-0.4, -0.2) is 24.6 Å². The van der Waals surface area contributed by atoms with E-state index < -0.39 is 0 Å². The van der Waals surface area contributed by atoms with E-state index in [9.17, 15) is 4.79 Å². The molecule has 0 spiro atoms. The number of fused-ring (bicyclic) bond motifs is 5.